The van der Waals surface area contributed by atoms with Crippen LogP contribution in [0.4, 0.5) is 0 Å². The molecular formula is C12H15ClO2S. The second kappa shape index (κ2) is 4.86. The third-order valence-corrected chi connectivity index (χ3v) is 4.78. The Morgan fingerprint density at radius 3 is 2.75 bits per heavy atom. The number of epoxide rings is 1. The monoisotopic (exact) mass is 258 g/mol. The molecule has 1 aliphatic rings. The Morgan fingerprint density at radius 1 is 1.44 bits per heavy atom. The molecule has 0 bridgehead atoms. The molecule has 1 aromatic rings. The number of benzene rings is 1. The van der Waals surface area contributed by atoms with E-state index in [1.165, 1.54) is 0 Å². The Hall–Kier alpha value is -0.380. The molecule has 0 radical (unpaired) electrons. The number of ether oxygens (including phenoxy) is 1. The summed E-state index contributed by atoms with van der Waals surface area (Å²) >= 11 is 5.65. The summed E-state index contributed by atoms with van der Waals surface area (Å²) in [6.07, 6.45) is 1.78. The van der Waals surface area contributed by atoms with Crippen molar-refractivity contribution >= 4 is 22.4 Å². The highest BCUT2D eigenvalue weighted by atomic mass is 35.5. The van der Waals surface area contributed by atoms with Crippen molar-refractivity contribution in [3.8, 4) is 0 Å². The lowest BCUT2D eigenvalue weighted by atomic mass is 10.1. The molecule has 88 valence electrons. The lowest BCUT2D eigenvalue weighted by Gasteiger charge is -2.04. The highest BCUT2D eigenvalue weighted by Crippen LogP contribution is 2.44. The Bertz CT molecular complexity index is 382. The van der Waals surface area contributed by atoms with Gasteiger partial charge in [-0.2, -0.15) is 0 Å². The standard InChI is InChI=1S/C12H15ClO2S/c1-12(8-5-9-13)11(15-12)16(14)10-6-3-2-4-7-10/h2-4,6-7,11H,5,8-9H2,1H3. The highest BCUT2D eigenvalue weighted by molar-refractivity contribution is 7.85. The Labute approximate surface area is 103 Å². The van der Waals surface area contributed by atoms with E-state index in [1.54, 1.807) is 0 Å². The van der Waals surface area contributed by atoms with Crippen molar-refractivity contribution in [1.82, 2.24) is 0 Å². The maximum atomic E-state index is 12.1. The maximum absolute atomic E-state index is 12.1. The predicted molar refractivity (Wildman–Crippen MR) is 66.1 cm³/mol. The van der Waals surface area contributed by atoms with Crippen molar-refractivity contribution < 1.29 is 8.95 Å². The van der Waals surface area contributed by atoms with Crippen LogP contribution < -0.4 is 0 Å². The molecule has 2 rings (SSSR count). The second-order valence-corrected chi connectivity index (χ2v) is 6.04. The molecule has 0 amide bonds. The lowest BCUT2D eigenvalue weighted by molar-refractivity contribution is 0.304. The summed E-state index contributed by atoms with van der Waals surface area (Å²) in [5.41, 5.74) is -0.409. The minimum atomic E-state index is -1.06. The van der Waals surface area contributed by atoms with Gasteiger partial charge in [0, 0.05) is 10.8 Å². The third-order valence-electron chi connectivity index (χ3n) is 2.79. The van der Waals surface area contributed by atoms with Crippen molar-refractivity contribution in [3.05, 3.63) is 30.3 Å². The lowest BCUT2D eigenvalue weighted by Crippen LogP contribution is -2.14. The summed E-state index contributed by atoms with van der Waals surface area (Å²) in [5, 5.41) is 0. The topological polar surface area (TPSA) is 29.6 Å². The van der Waals surface area contributed by atoms with Gasteiger partial charge in [0.25, 0.3) is 0 Å². The first kappa shape index (κ1) is 12.1. The zero-order valence-corrected chi connectivity index (χ0v) is 10.8. The van der Waals surface area contributed by atoms with E-state index >= 15 is 0 Å². The van der Waals surface area contributed by atoms with E-state index in [0.717, 1.165) is 17.7 Å². The molecule has 1 aliphatic heterocycles. The van der Waals surface area contributed by atoms with Crippen LogP contribution in [0.5, 0.6) is 0 Å². The van der Waals surface area contributed by atoms with Gasteiger partial charge in [0.2, 0.25) is 0 Å². The number of alkyl halides is 1. The summed E-state index contributed by atoms with van der Waals surface area (Å²) in [5.74, 6) is 0.629. The zero-order chi connectivity index (χ0) is 11.6. The fourth-order valence-corrected chi connectivity index (χ4v) is 3.44. The predicted octanol–water partition coefficient (Wildman–Crippen LogP) is 2.93. The van der Waals surface area contributed by atoms with Crippen LogP contribution in [0.25, 0.3) is 0 Å². The van der Waals surface area contributed by atoms with Crippen LogP contribution in [0.1, 0.15) is 19.8 Å². The molecule has 1 aromatic carbocycles. The first-order valence-corrected chi connectivity index (χ1v) is 7.11. The molecular weight excluding hydrogens is 244 g/mol. The fraction of sp³-hybridized carbons (Fsp3) is 0.500. The van der Waals surface area contributed by atoms with Crippen LogP contribution in [0.15, 0.2) is 35.2 Å². The molecule has 0 N–H and O–H groups in total. The van der Waals surface area contributed by atoms with Crippen molar-refractivity contribution in [2.45, 2.75) is 35.7 Å². The van der Waals surface area contributed by atoms with Crippen LogP contribution in [-0.2, 0) is 15.5 Å². The van der Waals surface area contributed by atoms with E-state index < -0.39 is 10.8 Å². The normalized spacial score (nSPS) is 30.0. The summed E-state index contributed by atoms with van der Waals surface area (Å²) in [7, 11) is -1.06. The molecule has 2 nitrogen and oxygen atoms in total. The van der Waals surface area contributed by atoms with E-state index in [4.69, 9.17) is 16.3 Å². The number of rotatable bonds is 5. The van der Waals surface area contributed by atoms with Gasteiger partial charge in [-0.1, -0.05) is 18.2 Å². The first-order chi connectivity index (χ1) is 7.67. The van der Waals surface area contributed by atoms with E-state index in [-0.39, 0.29) is 11.0 Å². The van der Waals surface area contributed by atoms with Gasteiger partial charge >= 0.3 is 0 Å². The van der Waals surface area contributed by atoms with Crippen LogP contribution in [0.2, 0.25) is 0 Å². The summed E-state index contributed by atoms with van der Waals surface area (Å²) in [6, 6.07) is 9.46. The van der Waals surface area contributed by atoms with Crippen LogP contribution in [0, 0.1) is 0 Å². The summed E-state index contributed by atoms with van der Waals surface area (Å²) in [4.78, 5) is 0.835. The average Bonchev–Trinajstić information content (AvgIpc) is 3.00. The van der Waals surface area contributed by atoms with Gasteiger partial charge < -0.3 is 4.74 Å². The molecule has 1 heterocycles. The third kappa shape index (κ3) is 2.47. The van der Waals surface area contributed by atoms with Crippen LogP contribution >= 0.6 is 11.6 Å². The number of hydrogen-bond acceptors (Lipinski definition) is 2. The van der Waals surface area contributed by atoms with Gasteiger partial charge in [-0.3, -0.25) is 4.21 Å². The molecule has 0 aliphatic carbocycles. The van der Waals surface area contributed by atoms with Gasteiger partial charge in [-0.25, -0.2) is 0 Å². The molecule has 1 saturated heterocycles. The van der Waals surface area contributed by atoms with Crippen LogP contribution in [-0.4, -0.2) is 21.1 Å². The van der Waals surface area contributed by atoms with E-state index in [2.05, 4.69) is 0 Å². The van der Waals surface area contributed by atoms with Crippen molar-refractivity contribution in [3.63, 3.8) is 0 Å². The maximum Gasteiger partial charge on any atom is 0.166 e. The minimum Gasteiger partial charge on any atom is -0.352 e. The largest absolute Gasteiger partial charge is 0.352 e. The van der Waals surface area contributed by atoms with Gasteiger partial charge in [-0.05, 0) is 31.9 Å². The molecule has 3 unspecified atom stereocenters. The molecule has 1 fully saturated rings. The second-order valence-electron chi connectivity index (χ2n) is 4.17. The highest BCUT2D eigenvalue weighted by Gasteiger charge is 2.55. The van der Waals surface area contributed by atoms with Crippen molar-refractivity contribution in [2.24, 2.45) is 0 Å². The zero-order valence-electron chi connectivity index (χ0n) is 9.19. The molecule has 4 heteroatoms. The van der Waals surface area contributed by atoms with Crippen molar-refractivity contribution in [2.75, 3.05) is 5.88 Å². The van der Waals surface area contributed by atoms with Gasteiger partial charge in [0.05, 0.1) is 10.8 Å². The average molecular weight is 259 g/mol. The van der Waals surface area contributed by atoms with E-state index in [0.29, 0.717) is 5.88 Å². The molecule has 0 aromatic heterocycles. The molecule has 0 spiro atoms. The minimum absolute atomic E-state index is 0.168. The fourth-order valence-electron chi connectivity index (χ4n) is 1.75. The van der Waals surface area contributed by atoms with Gasteiger partial charge in [-0.15, -0.1) is 11.6 Å². The number of hydrogen-bond donors (Lipinski definition) is 0. The first-order valence-electron chi connectivity index (χ1n) is 5.37. The smallest absolute Gasteiger partial charge is 0.166 e. The van der Waals surface area contributed by atoms with E-state index in [1.807, 2.05) is 37.3 Å². The molecule has 3 atom stereocenters. The Kier molecular flexibility index (Phi) is 3.67. The summed E-state index contributed by atoms with van der Waals surface area (Å²) in [6.45, 7) is 2.01. The van der Waals surface area contributed by atoms with Crippen LogP contribution in [0.3, 0.4) is 0 Å². The Balaban J connectivity index is 1.99. The van der Waals surface area contributed by atoms with E-state index in [9.17, 15) is 4.21 Å². The molecule has 16 heavy (non-hydrogen) atoms. The van der Waals surface area contributed by atoms with Crippen molar-refractivity contribution in [1.29, 1.82) is 0 Å². The van der Waals surface area contributed by atoms with Gasteiger partial charge in [0.15, 0.2) is 5.44 Å². The summed E-state index contributed by atoms with van der Waals surface area (Å²) < 4.78 is 17.7. The number of halogens is 1. The SMILES string of the molecule is CC1(CCCCl)OC1S(=O)c1ccccc1. The molecule has 0 saturated carbocycles. The van der Waals surface area contributed by atoms with Gasteiger partial charge in [0.1, 0.15) is 5.60 Å². The Morgan fingerprint density at radius 2 is 2.12 bits per heavy atom. The quantitative estimate of drug-likeness (QED) is 0.600.